The van der Waals surface area contributed by atoms with E-state index < -0.39 is 0 Å². The fourth-order valence-corrected chi connectivity index (χ4v) is 3.91. The molecular formula is C25H30N2O3. The summed E-state index contributed by atoms with van der Waals surface area (Å²) in [4.78, 5) is 26.6. The van der Waals surface area contributed by atoms with Crippen LogP contribution in [-0.4, -0.2) is 42.5 Å². The second-order valence-corrected chi connectivity index (χ2v) is 8.46. The van der Waals surface area contributed by atoms with Gasteiger partial charge in [0.1, 0.15) is 11.9 Å². The van der Waals surface area contributed by atoms with Crippen molar-refractivity contribution in [2.45, 2.75) is 44.6 Å². The van der Waals surface area contributed by atoms with Crippen LogP contribution in [0.15, 0.2) is 54.6 Å². The van der Waals surface area contributed by atoms with Gasteiger partial charge in [0.2, 0.25) is 5.91 Å². The number of nitrogens with one attached hydrogen (secondary N) is 1. The van der Waals surface area contributed by atoms with E-state index in [-0.39, 0.29) is 23.8 Å². The highest BCUT2D eigenvalue weighted by molar-refractivity contribution is 5.94. The minimum Gasteiger partial charge on any atom is -0.490 e. The van der Waals surface area contributed by atoms with Crippen LogP contribution in [0.4, 0.5) is 0 Å². The van der Waals surface area contributed by atoms with E-state index in [9.17, 15) is 9.59 Å². The van der Waals surface area contributed by atoms with E-state index in [2.05, 4.69) is 24.4 Å². The van der Waals surface area contributed by atoms with Crippen molar-refractivity contribution in [2.75, 3.05) is 19.6 Å². The quantitative estimate of drug-likeness (QED) is 0.756. The Hall–Kier alpha value is -2.82. The van der Waals surface area contributed by atoms with Crippen LogP contribution in [-0.2, 0) is 4.79 Å². The molecule has 4 rings (SSSR count). The highest BCUT2D eigenvalue weighted by Crippen LogP contribution is 2.32. The first-order valence-corrected chi connectivity index (χ1v) is 11.0. The molecule has 1 atom stereocenters. The molecule has 2 aromatic rings. The Labute approximate surface area is 178 Å². The number of hydrogen-bond acceptors (Lipinski definition) is 3. The van der Waals surface area contributed by atoms with E-state index in [4.69, 9.17) is 4.74 Å². The second kappa shape index (κ2) is 9.33. The summed E-state index contributed by atoms with van der Waals surface area (Å²) in [6.07, 6.45) is 3.95. The van der Waals surface area contributed by atoms with E-state index >= 15 is 0 Å². The van der Waals surface area contributed by atoms with Gasteiger partial charge in [0.05, 0.1) is 0 Å². The third-order valence-electron chi connectivity index (χ3n) is 6.04. The SMILES string of the molecule is C[C@H](CNC(=O)c1ccc(OC2CCN(C(=O)C3CC3)CC2)cc1)c1ccccc1. The molecule has 0 unspecified atom stereocenters. The average molecular weight is 407 g/mol. The van der Waals surface area contributed by atoms with E-state index in [0.717, 1.165) is 44.5 Å². The van der Waals surface area contributed by atoms with Gasteiger partial charge in [-0.05, 0) is 48.6 Å². The molecule has 0 bridgehead atoms. The van der Waals surface area contributed by atoms with Gasteiger partial charge in [0, 0.05) is 44.0 Å². The number of piperidine rings is 1. The molecular weight excluding hydrogens is 376 g/mol. The van der Waals surface area contributed by atoms with Gasteiger partial charge in [-0.1, -0.05) is 37.3 Å². The number of rotatable bonds is 7. The molecule has 30 heavy (non-hydrogen) atoms. The molecule has 158 valence electrons. The number of nitrogens with zero attached hydrogens (tertiary/aromatic N) is 1. The molecule has 1 aliphatic carbocycles. The van der Waals surface area contributed by atoms with Crippen LogP contribution in [0.3, 0.4) is 0 Å². The molecule has 0 spiro atoms. The maximum atomic E-state index is 12.5. The van der Waals surface area contributed by atoms with Gasteiger partial charge in [0.25, 0.3) is 5.91 Å². The Bertz CT molecular complexity index is 854. The van der Waals surface area contributed by atoms with Crippen molar-refractivity contribution < 1.29 is 14.3 Å². The van der Waals surface area contributed by atoms with Crippen LogP contribution >= 0.6 is 0 Å². The average Bonchev–Trinajstić information content (AvgIpc) is 3.64. The molecule has 1 N–H and O–H groups in total. The summed E-state index contributed by atoms with van der Waals surface area (Å²) in [5.74, 6) is 1.57. The molecule has 2 aliphatic rings. The highest BCUT2D eigenvalue weighted by Gasteiger charge is 2.35. The number of amides is 2. The Morgan fingerprint density at radius 2 is 1.67 bits per heavy atom. The molecule has 0 aromatic heterocycles. The lowest BCUT2D eigenvalue weighted by Crippen LogP contribution is -2.42. The molecule has 5 heteroatoms. The third kappa shape index (κ3) is 5.21. The molecule has 1 heterocycles. The van der Waals surface area contributed by atoms with E-state index in [1.807, 2.05) is 47.4 Å². The molecule has 2 fully saturated rings. The standard InChI is InChI=1S/C25H30N2O3/c1-18(19-5-3-2-4-6-19)17-26-24(28)20-9-11-22(12-10-20)30-23-13-15-27(16-14-23)25(29)21-7-8-21/h2-6,9-12,18,21,23H,7-8,13-17H2,1H3,(H,26,28)/t18-/m1/s1. The molecule has 2 amide bonds. The van der Waals surface area contributed by atoms with Crippen LogP contribution in [0.1, 0.15) is 54.4 Å². The van der Waals surface area contributed by atoms with Crippen LogP contribution in [0, 0.1) is 5.92 Å². The summed E-state index contributed by atoms with van der Waals surface area (Å²) in [7, 11) is 0. The topological polar surface area (TPSA) is 58.6 Å². The molecule has 5 nitrogen and oxygen atoms in total. The normalized spacial score (nSPS) is 18.0. The lowest BCUT2D eigenvalue weighted by atomic mass is 10.0. The van der Waals surface area contributed by atoms with Crippen LogP contribution in [0.25, 0.3) is 0 Å². The summed E-state index contributed by atoms with van der Waals surface area (Å²) in [6.45, 7) is 4.26. The number of benzene rings is 2. The minimum absolute atomic E-state index is 0.0729. The second-order valence-electron chi connectivity index (χ2n) is 8.46. The number of hydrogen-bond donors (Lipinski definition) is 1. The fraction of sp³-hybridized carbons (Fsp3) is 0.440. The fourth-order valence-electron chi connectivity index (χ4n) is 3.91. The van der Waals surface area contributed by atoms with E-state index in [1.54, 1.807) is 0 Å². The number of likely N-dealkylation sites (tertiary alicyclic amines) is 1. The number of ether oxygens (including phenoxy) is 1. The van der Waals surface area contributed by atoms with Crippen molar-refractivity contribution in [2.24, 2.45) is 5.92 Å². The van der Waals surface area contributed by atoms with Gasteiger partial charge in [0.15, 0.2) is 0 Å². The largest absolute Gasteiger partial charge is 0.490 e. The van der Waals surface area contributed by atoms with Crippen LogP contribution in [0.5, 0.6) is 5.75 Å². The van der Waals surface area contributed by atoms with Crippen molar-refractivity contribution in [3.05, 3.63) is 65.7 Å². The summed E-state index contributed by atoms with van der Waals surface area (Å²) in [6, 6.07) is 17.5. The first kappa shape index (κ1) is 20.5. The van der Waals surface area contributed by atoms with Gasteiger partial charge in [-0.3, -0.25) is 9.59 Å². The Balaban J connectivity index is 1.23. The van der Waals surface area contributed by atoms with Crippen molar-refractivity contribution in [3.63, 3.8) is 0 Å². The van der Waals surface area contributed by atoms with Gasteiger partial charge in [-0.25, -0.2) is 0 Å². The van der Waals surface area contributed by atoms with Gasteiger partial charge in [-0.2, -0.15) is 0 Å². The zero-order valence-electron chi connectivity index (χ0n) is 17.5. The maximum Gasteiger partial charge on any atom is 0.251 e. The number of carbonyl (C=O) groups is 2. The maximum absolute atomic E-state index is 12.5. The number of carbonyl (C=O) groups excluding carboxylic acids is 2. The first-order valence-electron chi connectivity index (χ1n) is 11.0. The summed E-state index contributed by atoms with van der Waals surface area (Å²) < 4.78 is 6.08. The third-order valence-corrected chi connectivity index (χ3v) is 6.04. The molecule has 2 aromatic carbocycles. The molecule has 0 radical (unpaired) electrons. The summed E-state index contributed by atoms with van der Waals surface area (Å²) in [5.41, 5.74) is 1.85. The van der Waals surface area contributed by atoms with Crippen molar-refractivity contribution in [1.29, 1.82) is 0 Å². The summed E-state index contributed by atoms with van der Waals surface area (Å²) >= 11 is 0. The lowest BCUT2D eigenvalue weighted by molar-refractivity contribution is -0.134. The molecule has 1 saturated carbocycles. The monoisotopic (exact) mass is 406 g/mol. The molecule has 1 aliphatic heterocycles. The Morgan fingerprint density at radius 1 is 1.00 bits per heavy atom. The minimum atomic E-state index is -0.0729. The first-order chi connectivity index (χ1) is 14.6. The van der Waals surface area contributed by atoms with Gasteiger partial charge >= 0.3 is 0 Å². The van der Waals surface area contributed by atoms with Crippen molar-refractivity contribution in [3.8, 4) is 5.75 Å². The smallest absolute Gasteiger partial charge is 0.251 e. The predicted molar refractivity (Wildman–Crippen MR) is 117 cm³/mol. The zero-order chi connectivity index (χ0) is 20.9. The van der Waals surface area contributed by atoms with Gasteiger partial charge < -0.3 is 15.0 Å². The van der Waals surface area contributed by atoms with Crippen molar-refractivity contribution >= 4 is 11.8 Å². The lowest BCUT2D eigenvalue weighted by Gasteiger charge is -2.32. The predicted octanol–water partition coefficient (Wildman–Crippen LogP) is 4.00. The highest BCUT2D eigenvalue weighted by atomic mass is 16.5. The van der Waals surface area contributed by atoms with E-state index in [0.29, 0.717) is 18.0 Å². The van der Waals surface area contributed by atoms with Crippen LogP contribution in [0.2, 0.25) is 0 Å². The zero-order valence-corrected chi connectivity index (χ0v) is 17.5. The van der Waals surface area contributed by atoms with Gasteiger partial charge in [-0.15, -0.1) is 0 Å². The Morgan fingerprint density at radius 3 is 2.30 bits per heavy atom. The van der Waals surface area contributed by atoms with E-state index in [1.165, 1.54) is 5.56 Å². The Kier molecular flexibility index (Phi) is 6.36. The van der Waals surface area contributed by atoms with Crippen LogP contribution < -0.4 is 10.1 Å². The molecule has 1 saturated heterocycles. The van der Waals surface area contributed by atoms with Crippen molar-refractivity contribution in [1.82, 2.24) is 10.2 Å². The summed E-state index contributed by atoms with van der Waals surface area (Å²) in [5, 5.41) is 3.01.